The lowest BCUT2D eigenvalue weighted by Gasteiger charge is -2.27. The molecule has 3 rings (SSSR count). The SMILES string of the molecule is COP(=O)(OC)C1N=NC(c2ccccc2)(c2ccccc2)S1. The van der Waals surface area contributed by atoms with Gasteiger partial charge in [0, 0.05) is 14.2 Å². The minimum absolute atomic E-state index is 0.696. The first-order chi connectivity index (χ1) is 11.1. The van der Waals surface area contributed by atoms with Crippen LogP contribution in [0.25, 0.3) is 0 Å². The van der Waals surface area contributed by atoms with Gasteiger partial charge in [0.05, 0.1) is 0 Å². The Morgan fingerprint density at radius 1 is 0.957 bits per heavy atom. The molecule has 0 radical (unpaired) electrons. The number of nitrogens with zero attached hydrogens (tertiary/aromatic N) is 2. The molecule has 0 amide bonds. The summed E-state index contributed by atoms with van der Waals surface area (Å²) in [6.45, 7) is 0. The average Bonchev–Trinajstić information content (AvgIpc) is 3.10. The van der Waals surface area contributed by atoms with Gasteiger partial charge < -0.3 is 9.05 Å². The third-order valence-corrected chi connectivity index (χ3v) is 7.64. The van der Waals surface area contributed by atoms with E-state index in [1.54, 1.807) is 0 Å². The minimum atomic E-state index is -3.35. The highest BCUT2D eigenvalue weighted by molar-refractivity contribution is 8.06. The minimum Gasteiger partial charge on any atom is -0.310 e. The number of thioether (sulfide) groups is 1. The van der Waals surface area contributed by atoms with Crippen LogP contribution in [0.1, 0.15) is 11.1 Å². The summed E-state index contributed by atoms with van der Waals surface area (Å²) in [5.74, 6) is 0. The lowest BCUT2D eigenvalue weighted by molar-refractivity contribution is 0.274. The fourth-order valence-electron chi connectivity index (χ4n) is 2.46. The van der Waals surface area contributed by atoms with E-state index in [2.05, 4.69) is 10.2 Å². The van der Waals surface area contributed by atoms with Crippen LogP contribution in [0.2, 0.25) is 0 Å². The topological polar surface area (TPSA) is 60.2 Å². The first kappa shape index (κ1) is 16.4. The molecule has 0 spiro atoms. The van der Waals surface area contributed by atoms with Crippen LogP contribution in [0.15, 0.2) is 70.9 Å². The molecular formula is C16H17N2O3PS. The Balaban J connectivity index is 2.08. The van der Waals surface area contributed by atoms with E-state index in [1.807, 2.05) is 60.7 Å². The molecule has 1 heterocycles. The zero-order valence-corrected chi connectivity index (χ0v) is 14.5. The summed E-state index contributed by atoms with van der Waals surface area (Å²) >= 11 is 1.37. The van der Waals surface area contributed by atoms with Crippen molar-refractivity contribution >= 4 is 19.4 Å². The standard InChI is InChI=1S/C16H17N2O3PS/c1-20-22(19,21-2)15-17-18-16(23-15,13-9-5-3-6-10-13)14-11-7-4-8-12-14/h3-12,15H,1-2H3. The second-order valence-corrected chi connectivity index (χ2v) is 8.86. The van der Waals surface area contributed by atoms with Gasteiger partial charge in [-0.25, -0.2) is 0 Å². The third kappa shape index (κ3) is 2.88. The molecule has 0 fully saturated rings. The maximum Gasteiger partial charge on any atom is 0.366 e. The second-order valence-electron chi connectivity index (χ2n) is 4.94. The van der Waals surface area contributed by atoms with E-state index in [0.717, 1.165) is 11.1 Å². The molecule has 0 N–H and O–H groups in total. The zero-order valence-electron chi connectivity index (χ0n) is 12.8. The van der Waals surface area contributed by atoms with Crippen molar-refractivity contribution in [3.05, 3.63) is 71.8 Å². The molecule has 1 aliphatic rings. The molecule has 0 saturated heterocycles. The van der Waals surface area contributed by atoms with Gasteiger partial charge in [-0.1, -0.05) is 72.4 Å². The van der Waals surface area contributed by atoms with E-state index >= 15 is 0 Å². The lowest BCUT2D eigenvalue weighted by Crippen LogP contribution is -2.20. The van der Waals surface area contributed by atoms with E-state index in [4.69, 9.17) is 9.05 Å². The Kier molecular flexibility index (Phi) is 4.69. The molecule has 1 unspecified atom stereocenters. The van der Waals surface area contributed by atoms with Crippen LogP contribution in [-0.2, 0) is 18.5 Å². The van der Waals surface area contributed by atoms with Crippen molar-refractivity contribution < 1.29 is 13.6 Å². The molecule has 7 heteroatoms. The van der Waals surface area contributed by atoms with E-state index in [1.165, 1.54) is 26.0 Å². The summed E-state index contributed by atoms with van der Waals surface area (Å²) in [7, 11) is -0.614. The number of hydrogen-bond acceptors (Lipinski definition) is 6. The summed E-state index contributed by atoms with van der Waals surface area (Å²) in [5.41, 5.74) is 1.95. The molecule has 5 nitrogen and oxygen atoms in total. The molecule has 23 heavy (non-hydrogen) atoms. The van der Waals surface area contributed by atoms with Gasteiger partial charge >= 0.3 is 7.60 Å². The predicted molar refractivity (Wildman–Crippen MR) is 91.5 cm³/mol. The Morgan fingerprint density at radius 3 is 1.87 bits per heavy atom. The smallest absolute Gasteiger partial charge is 0.310 e. The summed E-state index contributed by atoms with van der Waals surface area (Å²) in [4.78, 5) is -0.750. The first-order valence-electron chi connectivity index (χ1n) is 7.07. The van der Waals surface area contributed by atoms with Crippen molar-refractivity contribution in [2.45, 2.75) is 9.99 Å². The number of rotatable bonds is 5. The van der Waals surface area contributed by atoms with E-state index in [0.29, 0.717) is 0 Å². The van der Waals surface area contributed by atoms with Gasteiger partial charge in [-0.2, -0.15) is 10.2 Å². The average molecular weight is 348 g/mol. The zero-order chi connectivity index (χ0) is 16.3. The van der Waals surface area contributed by atoms with Gasteiger partial charge in [-0.15, -0.1) is 0 Å². The molecule has 0 aliphatic carbocycles. The summed E-state index contributed by atoms with van der Waals surface area (Å²) in [6, 6.07) is 19.7. The number of azo groups is 1. The van der Waals surface area contributed by atoms with Gasteiger partial charge in [0.2, 0.25) is 5.11 Å². The molecule has 1 atom stereocenters. The molecule has 120 valence electrons. The van der Waals surface area contributed by atoms with Gasteiger partial charge in [0.1, 0.15) is 0 Å². The molecule has 1 aliphatic heterocycles. The van der Waals surface area contributed by atoms with Gasteiger partial charge in [-0.05, 0) is 11.1 Å². The Morgan fingerprint density at radius 2 is 1.43 bits per heavy atom. The van der Waals surface area contributed by atoms with Crippen LogP contribution in [-0.4, -0.2) is 19.3 Å². The third-order valence-electron chi connectivity index (χ3n) is 3.68. The van der Waals surface area contributed by atoms with Gasteiger partial charge in [0.25, 0.3) is 0 Å². The van der Waals surface area contributed by atoms with Crippen LogP contribution in [0, 0.1) is 0 Å². The summed E-state index contributed by atoms with van der Waals surface area (Å²) in [5, 5.41) is 8.04. The maximum atomic E-state index is 12.7. The summed E-state index contributed by atoms with van der Waals surface area (Å²) in [6.07, 6.45) is 0. The molecule has 2 aromatic rings. The van der Waals surface area contributed by atoms with Gasteiger partial charge in [-0.3, -0.25) is 4.57 Å². The van der Waals surface area contributed by atoms with Crippen LogP contribution in [0.4, 0.5) is 0 Å². The quantitative estimate of drug-likeness (QED) is 0.724. The molecular weight excluding hydrogens is 331 g/mol. The van der Waals surface area contributed by atoms with Crippen LogP contribution in [0.3, 0.4) is 0 Å². The number of hydrogen-bond donors (Lipinski definition) is 0. The highest BCUT2D eigenvalue weighted by atomic mass is 32.2. The van der Waals surface area contributed by atoms with Crippen molar-refractivity contribution in [1.29, 1.82) is 0 Å². The molecule has 0 saturated carbocycles. The normalized spacial score (nSPS) is 19.8. The first-order valence-corrected chi connectivity index (χ1v) is 9.56. The second kappa shape index (κ2) is 6.57. The monoisotopic (exact) mass is 348 g/mol. The highest BCUT2D eigenvalue weighted by Crippen LogP contribution is 2.65. The van der Waals surface area contributed by atoms with Crippen LogP contribution < -0.4 is 0 Å². The lowest BCUT2D eigenvalue weighted by atomic mass is 9.99. The van der Waals surface area contributed by atoms with Crippen LogP contribution >= 0.6 is 19.4 Å². The van der Waals surface area contributed by atoms with Crippen molar-refractivity contribution in [3.8, 4) is 0 Å². The molecule has 0 aromatic heterocycles. The fraction of sp³-hybridized carbons (Fsp3) is 0.250. The number of benzene rings is 2. The van der Waals surface area contributed by atoms with E-state index in [9.17, 15) is 4.57 Å². The highest BCUT2D eigenvalue weighted by Gasteiger charge is 2.49. The Hall–Kier alpha value is -1.46. The largest absolute Gasteiger partial charge is 0.366 e. The molecule has 2 aromatic carbocycles. The Labute approximate surface area is 139 Å². The Bertz CT molecular complexity index is 692. The van der Waals surface area contributed by atoms with Gasteiger partial charge in [0.15, 0.2) is 4.87 Å². The van der Waals surface area contributed by atoms with Crippen molar-refractivity contribution in [3.63, 3.8) is 0 Å². The van der Waals surface area contributed by atoms with Crippen molar-refractivity contribution in [1.82, 2.24) is 0 Å². The fourth-order valence-corrected chi connectivity index (χ4v) is 5.68. The molecule has 0 bridgehead atoms. The predicted octanol–water partition coefficient (Wildman–Crippen LogP) is 4.86. The van der Waals surface area contributed by atoms with Crippen molar-refractivity contribution in [2.75, 3.05) is 14.2 Å². The van der Waals surface area contributed by atoms with E-state index < -0.39 is 17.6 Å². The summed E-state index contributed by atoms with van der Waals surface area (Å²) < 4.78 is 22.9. The van der Waals surface area contributed by atoms with E-state index in [-0.39, 0.29) is 0 Å². The maximum absolute atomic E-state index is 12.7. The van der Waals surface area contributed by atoms with Crippen LogP contribution in [0.5, 0.6) is 0 Å². The van der Waals surface area contributed by atoms with Crippen molar-refractivity contribution in [2.24, 2.45) is 10.2 Å².